The summed E-state index contributed by atoms with van der Waals surface area (Å²) in [5.41, 5.74) is 0.329. The minimum Gasteiger partial charge on any atom is -0.268 e. The van der Waals surface area contributed by atoms with E-state index in [1.54, 1.807) is 18.2 Å². The van der Waals surface area contributed by atoms with Gasteiger partial charge in [-0.25, -0.2) is 8.42 Å². The molecule has 2 heterocycles. The van der Waals surface area contributed by atoms with Crippen molar-refractivity contribution >= 4 is 61.3 Å². The number of hydrogen-bond acceptors (Lipinski definition) is 6. The zero-order valence-electron chi connectivity index (χ0n) is 18.0. The summed E-state index contributed by atoms with van der Waals surface area (Å²) in [6.45, 7) is -0.356. The van der Waals surface area contributed by atoms with E-state index in [0.717, 1.165) is 17.2 Å². The molecule has 0 saturated carbocycles. The van der Waals surface area contributed by atoms with Crippen molar-refractivity contribution in [1.82, 2.24) is 14.7 Å². The molecule has 0 aliphatic carbocycles. The van der Waals surface area contributed by atoms with Gasteiger partial charge in [0, 0.05) is 23.2 Å². The Balaban J connectivity index is 1.58. The number of halogens is 4. The van der Waals surface area contributed by atoms with Gasteiger partial charge in [-0.3, -0.25) is 19.2 Å². The van der Waals surface area contributed by atoms with Crippen LogP contribution in [0.25, 0.3) is 17.0 Å². The quantitative estimate of drug-likeness (QED) is 0.413. The fourth-order valence-corrected chi connectivity index (χ4v) is 5.09. The van der Waals surface area contributed by atoms with E-state index in [2.05, 4.69) is 5.10 Å². The zero-order valence-corrected chi connectivity index (χ0v) is 20.4. The maximum Gasteiger partial charge on any atom is 0.416 e. The largest absolute Gasteiger partial charge is 0.416 e. The van der Waals surface area contributed by atoms with Gasteiger partial charge in [0.05, 0.1) is 34.5 Å². The highest BCUT2D eigenvalue weighted by molar-refractivity contribution is 8.18. The number of carbonyl (C=O) groups excluding carboxylic acids is 2. The number of rotatable bonds is 6. The Morgan fingerprint density at radius 3 is 2.57 bits per heavy atom. The lowest BCUT2D eigenvalue weighted by Crippen LogP contribution is -2.32. The molecule has 13 heteroatoms. The van der Waals surface area contributed by atoms with Crippen molar-refractivity contribution in [3.05, 3.63) is 69.2 Å². The Bertz CT molecular complexity index is 1480. The number of amides is 2. The number of benzene rings is 2. The van der Waals surface area contributed by atoms with Crippen molar-refractivity contribution in [3.63, 3.8) is 0 Å². The number of thioether (sulfide) groups is 1. The predicted molar refractivity (Wildman–Crippen MR) is 128 cm³/mol. The summed E-state index contributed by atoms with van der Waals surface area (Å²) >= 11 is 6.46. The third-order valence-corrected chi connectivity index (χ3v) is 7.29. The van der Waals surface area contributed by atoms with Crippen LogP contribution in [-0.2, 0) is 27.4 Å². The van der Waals surface area contributed by atoms with Crippen molar-refractivity contribution in [2.45, 2.75) is 12.7 Å². The van der Waals surface area contributed by atoms with E-state index < -0.39 is 32.7 Å². The number of sulfone groups is 1. The first kappa shape index (κ1) is 25.3. The molecule has 1 saturated heterocycles. The first-order chi connectivity index (χ1) is 16.3. The summed E-state index contributed by atoms with van der Waals surface area (Å²) in [6.07, 6.45) is -0.550. The number of imide groups is 1. The maximum atomic E-state index is 13.4. The van der Waals surface area contributed by atoms with Crippen molar-refractivity contribution < 1.29 is 31.2 Å². The molecule has 0 radical (unpaired) electrons. The molecule has 2 amide bonds. The molecule has 7 nitrogen and oxygen atoms in total. The molecule has 0 N–H and O–H groups in total. The number of aromatic nitrogens is 2. The van der Waals surface area contributed by atoms with Crippen LogP contribution in [0.2, 0.25) is 5.02 Å². The highest BCUT2D eigenvalue weighted by Crippen LogP contribution is 2.35. The molecule has 2 aromatic carbocycles. The molecule has 0 spiro atoms. The normalized spacial score (nSPS) is 16.1. The topological polar surface area (TPSA) is 89.3 Å². The van der Waals surface area contributed by atoms with Gasteiger partial charge in [-0.15, -0.1) is 0 Å². The van der Waals surface area contributed by atoms with Crippen LogP contribution in [0.15, 0.2) is 47.5 Å². The minimum absolute atomic E-state index is 0.0127. The molecule has 0 bridgehead atoms. The first-order valence-electron chi connectivity index (χ1n) is 10.1. The molecule has 4 rings (SSSR count). The molecular weight excluding hydrogens is 527 g/mol. The first-order valence-corrected chi connectivity index (χ1v) is 13.3. The van der Waals surface area contributed by atoms with E-state index in [-0.39, 0.29) is 34.3 Å². The lowest BCUT2D eigenvalue weighted by atomic mass is 10.1. The smallest absolute Gasteiger partial charge is 0.268 e. The van der Waals surface area contributed by atoms with Gasteiger partial charge in [0.1, 0.15) is 9.84 Å². The van der Waals surface area contributed by atoms with E-state index in [4.69, 9.17) is 11.6 Å². The molecule has 1 fully saturated rings. The minimum atomic E-state index is -4.57. The second-order valence-electron chi connectivity index (χ2n) is 7.88. The van der Waals surface area contributed by atoms with Gasteiger partial charge >= 0.3 is 6.18 Å². The van der Waals surface area contributed by atoms with Crippen LogP contribution in [0.4, 0.5) is 18.0 Å². The third-order valence-electron chi connectivity index (χ3n) is 5.22. The van der Waals surface area contributed by atoms with Crippen LogP contribution in [0.5, 0.6) is 0 Å². The molecule has 3 aromatic rings. The van der Waals surface area contributed by atoms with E-state index in [0.29, 0.717) is 28.2 Å². The van der Waals surface area contributed by atoms with Gasteiger partial charge < -0.3 is 0 Å². The van der Waals surface area contributed by atoms with Crippen LogP contribution in [0.3, 0.4) is 0 Å². The van der Waals surface area contributed by atoms with Crippen molar-refractivity contribution in [1.29, 1.82) is 0 Å². The van der Waals surface area contributed by atoms with E-state index in [1.807, 2.05) is 0 Å². The Morgan fingerprint density at radius 2 is 1.89 bits per heavy atom. The van der Waals surface area contributed by atoms with Gasteiger partial charge in [0.2, 0.25) is 0 Å². The Kier molecular flexibility index (Phi) is 6.73. The van der Waals surface area contributed by atoms with Gasteiger partial charge in [-0.1, -0.05) is 23.7 Å². The molecule has 1 aromatic heterocycles. The summed E-state index contributed by atoms with van der Waals surface area (Å²) in [6, 6.07) is 8.58. The van der Waals surface area contributed by atoms with Crippen molar-refractivity contribution in [3.8, 4) is 0 Å². The summed E-state index contributed by atoms with van der Waals surface area (Å²) < 4.78 is 64.4. The lowest BCUT2D eigenvalue weighted by molar-refractivity contribution is -0.138. The van der Waals surface area contributed by atoms with Gasteiger partial charge in [0.15, 0.2) is 0 Å². The number of hydrogen-bond donors (Lipinski definition) is 0. The standard InChI is InChI=1S/C22H17ClF3N3O4S2/c1-35(32,33)7-6-28-20(30)19(34-21(28)31)9-13-2-5-18-15(8-13)11-27-29(18)12-14-3-4-16(23)10-17(14)22(24,25)26/h2-5,8-11H,6-7,12H2,1H3/b19-9-. The average Bonchev–Trinajstić information content (AvgIpc) is 3.26. The number of carbonyl (C=O) groups is 2. The molecular formula is C22H17ClF3N3O4S2. The van der Waals surface area contributed by atoms with Crippen molar-refractivity contribution in [2.24, 2.45) is 0 Å². The second-order valence-corrected chi connectivity index (χ2v) is 11.6. The fourth-order valence-electron chi connectivity index (χ4n) is 3.53. The van der Waals surface area contributed by atoms with Crippen LogP contribution in [0, 0.1) is 0 Å². The highest BCUT2D eigenvalue weighted by atomic mass is 35.5. The molecule has 1 aliphatic heterocycles. The number of fused-ring (bicyclic) bond motifs is 1. The third kappa shape index (κ3) is 5.71. The average molecular weight is 544 g/mol. The summed E-state index contributed by atoms with van der Waals surface area (Å²) in [5.74, 6) is -0.908. The summed E-state index contributed by atoms with van der Waals surface area (Å²) in [7, 11) is -3.35. The Morgan fingerprint density at radius 1 is 1.14 bits per heavy atom. The molecule has 0 atom stereocenters. The number of nitrogens with zero attached hydrogens (tertiary/aromatic N) is 3. The van der Waals surface area contributed by atoms with E-state index >= 15 is 0 Å². The summed E-state index contributed by atoms with van der Waals surface area (Å²) in [5, 5.41) is 4.25. The Labute approximate surface area is 207 Å². The second kappa shape index (κ2) is 9.32. The zero-order chi connectivity index (χ0) is 25.5. The Hall–Kier alpha value is -2.83. The van der Waals surface area contributed by atoms with Gasteiger partial charge in [-0.2, -0.15) is 18.3 Å². The monoisotopic (exact) mass is 543 g/mol. The lowest BCUT2D eigenvalue weighted by Gasteiger charge is -2.14. The predicted octanol–water partition coefficient (Wildman–Crippen LogP) is 4.84. The SMILES string of the molecule is CS(=O)(=O)CCN1C(=O)S/C(=C\c2ccc3c(cnn3Cc3ccc(Cl)cc3C(F)(F)F)c2)C1=O. The highest BCUT2D eigenvalue weighted by Gasteiger charge is 2.35. The van der Waals surface area contributed by atoms with Crippen LogP contribution < -0.4 is 0 Å². The molecule has 35 heavy (non-hydrogen) atoms. The van der Waals surface area contributed by atoms with Gasteiger partial charge in [-0.05, 0) is 53.2 Å². The molecule has 1 aliphatic rings. The maximum absolute atomic E-state index is 13.4. The van der Waals surface area contributed by atoms with Crippen LogP contribution in [-0.4, -0.2) is 52.8 Å². The van der Waals surface area contributed by atoms with E-state index in [1.165, 1.54) is 29.1 Å². The van der Waals surface area contributed by atoms with Crippen molar-refractivity contribution in [2.75, 3.05) is 18.6 Å². The van der Waals surface area contributed by atoms with Gasteiger partial charge in [0.25, 0.3) is 11.1 Å². The van der Waals surface area contributed by atoms with E-state index in [9.17, 15) is 31.2 Å². The molecule has 184 valence electrons. The van der Waals surface area contributed by atoms with Crippen LogP contribution in [0.1, 0.15) is 16.7 Å². The molecule has 0 unspecified atom stereocenters. The number of alkyl halides is 3. The van der Waals surface area contributed by atoms with Crippen LogP contribution >= 0.6 is 23.4 Å². The fraction of sp³-hybridized carbons (Fsp3) is 0.227. The summed E-state index contributed by atoms with van der Waals surface area (Å²) in [4.78, 5) is 25.7.